The molecule has 0 unspecified atom stereocenters. The van der Waals surface area contributed by atoms with E-state index in [4.69, 9.17) is 0 Å². The number of nitrogens with zero attached hydrogens (tertiary/aromatic N) is 6. The first-order valence-electron chi connectivity index (χ1n) is 5.77. The molecule has 0 fully saturated rings. The monoisotopic (exact) mass is 247 g/mol. The topological polar surface area (TPSA) is 71.8 Å². The van der Waals surface area contributed by atoms with Crippen molar-refractivity contribution in [3.63, 3.8) is 0 Å². The van der Waals surface area contributed by atoms with E-state index in [2.05, 4.69) is 25.4 Å². The van der Waals surface area contributed by atoms with Gasteiger partial charge in [-0.25, -0.2) is 0 Å². The third-order valence-electron chi connectivity index (χ3n) is 2.41. The summed E-state index contributed by atoms with van der Waals surface area (Å²) in [4.78, 5) is 15.0. The van der Waals surface area contributed by atoms with Crippen LogP contribution >= 0.6 is 0 Å². The summed E-state index contributed by atoms with van der Waals surface area (Å²) in [6, 6.07) is 1.88. The predicted molar refractivity (Wildman–Crippen MR) is 70.5 cm³/mol. The quantitative estimate of drug-likeness (QED) is 0.860. The fraction of sp³-hybridized carbons (Fsp3) is 0.455. The second kappa shape index (κ2) is 4.99. The van der Waals surface area contributed by atoms with Gasteiger partial charge in [0.15, 0.2) is 5.82 Å². The van der Waals surface area contributed by atoms with Crippen LogP contribution in [0.1, 0.15) is 6.92 Å². The van der Waals surface area contributed by atoms with Crippen LogP contribution in [0.3, 0.4) is 0 Å². The zero-order valence-corrected chi connectivity index (χ0v) is 11.0. The second-order valence-electron chi connectivity index (χ2n) is 4.05. The van der Waals surface area contributed by atoms with E-state index in [9.17, 15) is 0 Å². The molecule has 0 spiro atoms. The van der Waals surface area contributed by atoms with Crippen LogP contribution in [-0.4, -0.2) is 45.4 Å². The number of rotatable bonds is 4. The van der Waals surface area contributed by atoms with Gasteiger partial charge in [-0.3, -0.25) is 4.68 Å². The summed E-state index contributed by atoms with van der Waals surface area (Å²) >= 11 is 0. The molecule has 0 radical (unpaired) electrons. The molecule has 2 aromatic rings. The molecule has 18 heavy (non-hydrogen) atoms. The highest BCUT2D eigenvalue weighted by atomic mass is 15.3. The molecule has 2 rings (SSSR count). The van der Waals surface area contributed by atoms with E-state index >= 15 is 0 Å². The second-order valence-corrected chi connectivity index (χ2v) is 4.05. The minimum atomic E-state index is 0.576. The van der Waals surface area contributed by atoms with Crippen molar-refractivity contribution in [1.82, 2.24) is 24.7 Å². The molecule has 0 aliphatic rings. The lowest BCUT2D eigenvalue weighted by Gasteiger charge is -2.13. The van der Waals surface area contributed by atoms with Crippen molar-refractivity contribution >= 4 is 11.9 Å². The lowest BCUT2D eigenvalue weighted by Crippen LogP contribution is -2.16. The van der Waals surface area contributed by atoms with E-state index in [0.29, 0.717) is 17.7 Å². The molecule has 0 aromatic carbocycles. The maximum Gasteiger partial charge on any atom is 0.230 e. The van der Waals surface area contributed by atoms with E-state index in [1.54, 1.807) is 10.9 Å². The predicted octanol–water partition coefficient (Wildman–Crippen LogP) is 0.770. The zero-order chi connectivity index (χ0) is 13.1. The molecule has 0 saturated heterocycles. The van der Waals surface area contributed by atoms with Crippen molar-refractivity contribution < 1.29 is 0 Å². The highest BCUT2D eigenvalue weighted by molar-refractivity contribution is 5.53. The van der Waals surface area contributed by atoms with Crippen LogP contribution in [-0.2, 0) is 7.05 Å². The first-order valence-corrected chi connectivity index (χ1v) is 5.77. The van der Waals surface area contributed by atoms with Gasteiger partial charge in [-0.15, -0.1) is 0 Å². The molecule has 1 N–H and O–H groups in total. The number of hydrogen-bond acceptors (Lipinski definition) is 6. The van der Waals surface area contributed by atoms with E-state index < -0.39 is 0 Å². The number of aryl methyl sites for hydroxylation is 1. The molecule has 96 valence electrons. The Labute approximate surface area is 106 Å². The van der Waals surface area contributed by atoms with Gasteiger partial charge in [-0.2, -0.15) is 20.1 Å². The molecule has 2 heterocycles. The molecule has 7 heteroatoms. The lowest BCUT2D eigenvalue weighted by atomic mass is 10.4. The lowest BCUT2D eigenvalue weighted by molar-refractivity contribution is 0.768. The van der Waals surface area contributed by atoms with E-state index in [1.165, 1.54) is 0 Å². The van der Waals surface area contributed by atoms with Crippen molar-refractivity contribution in [3.05, 3.63) is 12.3 Å². The van der Waals surface area contributed by atoms with Crippen LogP contribution in [0.15, 0.2) is 12.3 Å². The Bertz CT molecular complexity index is 532. The first-order chi connectivity index (χ1) is 8.61. The first kappa shape index (κ1) is 12.3. The molecule has 0 aliphatic heterocycles. The van der Waals surface area contributed by atoms with E-state index in [1.807, 2.05) is 39.0 Å². The van der Waals surface area contributed by atoms with Crippen molar-refractivity contribution in [2.24, 2.45) is 7.05 Å². The Morgan fingerprint density at radius 3 is 2.61 bits per heavy atom. The molecule has 2 aromatic heterocycles. The Balaban J connectivity index is 2.50. The summed E-state index contributed by atoms with van der Waals surface area (Å²) < 4.78 is 1.74. The van der Waals surface area contributed by atoms with Crippen LogP contribution in [0, 0.1) is 0 Å². The standard InChI is InChI=1S/C11H17N7/c1-5-12-10-14-9(8-6-7-13-18(8)4)15-11(16-10)17(2)3/h6-7H,5H2,1-4H3,(H,12,14,15,16). The van der Waals surface area contributed by atoms with Crippen LogP contribution in [0.4, 0.5) is 11.9 Å². The highest BCUT2D eigenvalue weighted by Gasteiger charge is 2.11. The van der Waals surface area contributed by atoms with E-state index in [0.717, 1.165) is 12.2 Å². The Morgan fingerprint density at radius 2 is 2.06 bits per heavy atom. The van der Waals surface area contributed by atoms with Crippen LogP contribution in [0.5, 0.6) is 0 Å². The molecular formula is C11H17N7. The largest absolute Gasteiger partial charge is 0.354 e. The molecule has 7 nitrogen and oxygen atoms in total. The van der Waals surface area contributed by atoms with Gasteiger partial charge in [-0.05, 0) is 13.0 Å². The van der Waals surface area contributed by atoms with Crippen molar-refractivity contribution in [2.45, 2.75) is 6.92 Å². The Morgan fingerprint density at radius 1 is 1.28 bits per heavy atom. The molecule has 0 bridgehead atoms. The van der Waals surface area contributed by atoms with Crippen LogP contribution in [0.2, 0.25) is 0 Å². The van der Waals surface area contributed by atoms with Gasteiger partial charge in [0.25, 0.3) is 0 Å². The summed E-state index contributed by atoms with van der Waals surface area (Å²) in [6.45, 7) is 2.77. The maximum absolute atomic E-state index is 4.42. The summed E-state index contributed by atoms with van der Waals surface area (Å²) in [5.74, 6) is 1.81. The number of anilines is 2. The number of nitrogens with one attached hydrogen (secondary N) is 1. The van der Waals surface area contributed by atoms with Gasteiger partial charge in [-0.1, -0.05) is 0 Å². The summed E-state index contributed by atoms with van der Waals surface area (Å²) in [5, 5.41) is 7.23. The van der Waals surface area contributed by atoms with Gasteiger partial charge in [0, 0.05) is 33.9 Å². The zero-order valence-electron chi connectivity index (χ0n) is 11.0. The molecule has 0 amide bonds. The summed E-state index contributed by atoms with van der Waals surface area (Å²) in [7, 11) is 5.66. The Hall–Kier alpha value is -2.18. The number of aromatic nitrogens is 5. The van der Waals surface area contributed by atoms with Crippen molar-refractivity contribution in [2.75, 3.05) is 30.9 Å². The van der Waals surface area contributed by atoms with Crippen molar-refractivity contribution in [1.29, 1.82) is 0 Å². The normalized spacial score (nSPS) is 10.4. The third kappa shape index (κ3) is 2.39. The molecule has 0 aliphatic carbocycles. The smallest absolute Gasteiger partial charge is 0.230 e. The average molecular weight is 247 g/mol. The van der Waals surface area contributed by atoms with Crippen LogP contribution in [0.25, 0.3) is 11.5 Å². The molecule has 0 atom stereocenters. The van der Waals surface area contributed by atoms with Gasteiger partial charge in [0.05, 0.1) is 0 Å². The fourth-order valence-corrected chi connectivity index (χ4v) is 1.51. The van der Waals surface area contributed by atoms with Gasteiger partial charge < -0.3 is 10.2 Å². The summed E-state index contributed by atoms with van der Waals surface area (Å²) in [6.07, 6.45) is 1.72. The Kier molecular flexibility index (Phi) is 3.40. The van der Waals surface area contributed by atoms with Crippen LogP contribution < -0.4 is 10.2 Å². The van der Waals surface area contributed by atoms with Gasteiger partial charge in [0.1, 0.15) is 5.69 Å². The van der Waals surface area contributed by atoms with Gasteiger partial charge >= 0.3 is 0 Å². The minimum Gasteiger partial charge on any atom is -0.354 e. The third-order valence-corrected chi connectivity index (χ3v) is 2.41. The highest BCUT2D eigenvalue weighted by Crippen LogP contribution is 2.17. The van der Waals surface area contributed by atoms with Crippen molar-refractivity contribution in [3.8, 4) is 11.5 Å². The minimum absolute atomic E-state index is 0.576. The molecule has 0 saturated carbocycles. The van der Waals surface area contributed by atoms with E-state index in [-0.39, 0.29) is 0 Å². The average Bonchev–Trinajstić information content (AvgIpc) is 2.75. The summed E-state index contributed by atoms with van der Waals surface area (Å²) in [5.41, 5.74) is 0.861. The fourth-order valence-electron chi connectivity index (χ4n) is 1.51. The SMILES string of the molecule is CCNc1nc(-c2ccnn2C)nc(N(C)C)n1. The molecular weight excluding hydrogens is 230 g/mol. The maximum atomic E-state index is 4.42. The van der Waals surface area contributed by atoms with Gasteiger partial charge in [0.2, 0.25) is 11.9 Å². The number of hydrogen-bond donors (Lipinski definition) is 1.